The third kappa shape index (κ3) is 1.76. The molecule has 3 aromatic rings. The second-order valence-corrected chi connectivity index (χ2v) is 6.56. The van der Waals surface area contributed by atoms with Crippen LogP contribution in [-0.2, 0) is 0 Å². The molecule has 0 saturated heterocycles. The van der Waals surface area contributed by atoms with E-state index in [1.807, 2.05) is 17.5 Å². The third-order valence-electron chi connectivity index (χ3n) is 3.88. The number of fused-ring (bicyclic) bond motifs is 2. The van der Waals surface area contributed by atoms with Gasteiger partial charge in [0.2, 0.25) is 5.76 Å². The second kappa shape index (κ2) is 4.69. The fourth-order valence-corrected chi connectivity index (χ4v) is 3.89. The SMILES string of the molecule is CN1C(=O)c2oc3ccc(Cl)cc3c(=O)c2[C@@H]1c1cccs1. The molecule has 6 heteroatoms. The third-order valence-corrected chi connectivity index (χ3v) is 5.04. The van der Waals surface area contributed by atoms with Crippen molar-refractivity contribution in [3.05, 3.63) is 67.2 Å². The van der Waals surface area contributed by atoms with Crippen molar-refractivity contribution in [1.29, 1.82) is 0 Å². The Kier molecular flexibility index (Phi) is 2.89. The first kappa shape index (κ1) is 13.5. The average molecular weight is 332 g/mol. The van der Waals surface area contributed by atoms with Gasteiger partial charge in [0.1, 0.15) is 5.58 Å². The number of hydrogen-bond acceptors (Lipinski definition) is 4. The lowest BCUT2D eigenvalue weighted by Gasteiger charge is -2.18. The first-order valence-corrected chi connectivity index (χ1v) is 7.90. The van der Waals surface area contributed by atoms with Crippen molar-refractivity contribution in [3.63, 3.8) is 0 Å². The molecule has 22 heavy (non-hydrogen) atoms. The standard InChI is InChI=1S/C16H10ClNO3S/c1-18-13(11-3-2-6-22-11)12-14(19)9-7-8(17)4-5-10(9)21-15(12)16(18)20/h2-7,13H,1H3/t13-/m0/s1. The van der Waals surface area contributed by atoms with Gasteiger partial charge in [0.25, 0.3) is 5.91 Å². The van der Waals surface area contributed by atoms with Gasteiger partial charge >= 0.3 is 0 Å². The predicted octanol–water partition coefficient (Wildman–Crippen LogP) is 3.68. The molecule has 0 saturated carbocycles. The van der Waals surface area contributed by atoms with Crippen molar-refractivity contribution in [1.82, 2.24) is 4.90 Å². The zero-order valence-electron chi connectivity index (χ0n) is 11.5. The van der Waals surface area contributed by atoms with Gasteiger partial charge in [-0.1, -0.05) is 17.7 Å². The molecule has 0 unspecified atom stereocenters. The number of amides is 1. The molecule has 1 aromatic carbocycles. The van der Waals surface area contributed by atoms with E-state index in [0.29, 0.717) is 21.6 Å². The van der Waals surface area contributed by atoms with Crippen LogP contribution in [0.3, 0.4) is 0 Å². The van der Waals surface area contributed by atoms with Gasteiger partial charge in [0, 0.05) is 16.9 Å². The lowest BCUT2D eigenvalue weighted by molar-refractivity contribution is 0.0773. The van der Waals surface area contributed by atoms with Crippen molar-refractivity contribution in [3.8, 4) is 0 Å². The maximum absolute atomic E-state index is 12.9. The van der Waals surface area contributed by atoms with Gasteiger partial charge in [-0.2, -0.15) is 0 Å². The Balaban J connectivity index is 2.08. The van der Waals surface area contributed by atoms with E-state index in [-0.39, 0.29) is 17.1 Å². The van der Waals surface area contributed by atoms with Crippen LogP contribution in [0.1, 0.15) is 27.0 Å². The molecule has 110 valence electrons. The van der Waals surface area contributed by atoms with E-state index in [4.69, 9.17) is 16.0 Å². The number of thiophene rings is 1. The molecule has 2 aromatic heterocycles. The van der Waals surface area contributed by atoms with Crippen molar-refractivity contribution < 1.29 is 9.21 Å². The summed E-state index contributed by atoms with van der Waals surface area (Å²) in [4.78, 5) is 27.8. The maximum atomic E-state index is 12.9. The first-order chi connectivity index (χ1) is 10.6. The minimum absolute atomic E-state index is 0.126. The predicted molar refractivity (Wildman–Crippen MR) is 85.7 cm³/mol. The molecule has 0 bridgehead atoms. The largest absolute Gasteiger partial charge is 0.450 e. The molecule has 1 atom stereocenters. The summed E-state index contributed by atoms with van der Waals surface area (Å²) in [6.45, 7) is 0. The van der Waals surface area contributed by atoms with E-state index in [1.54, 1.807) is 30.1 Å². The highest BCUT2D eigenvalue weighted by atomic mass is 35.5. The van der Waals surface area contributed by atoms with Crippen molar-refractivity contribution >= 4 is 39.8 Å². The summed E-state index contributed by atoms with van der Waals surface area (Å²) in [5.41, 5.74) is 0.571. The number of carbonyl (C=O) groups excluding carboxylic acids is 1. The van der Waals surface area contributed by atoms with Crippen LogP contribution in [-0.4, -0.2) is 17.9 Å². The smallest absolute Gasteiger partial charge is 0.290 e. The van der Waals surface area contributed by atoms with Crippen molar-refractivity contribution in [2.24, 2.45) is 0 Å². The molecule has 0 N–H and O–H groups in total. The van der Waals surface area contributed by atoms with Gasteiger partial charge in [-0.25, -0.2) is 0 Å². The molecule has 0 fully saturated rings. The molecule has 1 amide bonds. The van der Waals surface area contributed by atoms with Gasteiger partial charge in [-0.05, 0) is 29.6 Å². The number of hydrogen-bond donors (Lipinski definition) is 0. The fourth-order valence-electron chi connectivity index (χ4n) is 2.84. The number of carbonyl (C=O) groups is 1. The van der Waals surface area contributed by atoms with E-state index < -0.39 is 6.04 Å². The summed E-state index contributed by atoms with van der Waals surface area (Å²) in [6.07, 6.45) is 0. The number of halogens is 1. The van der Waals surface area contributed by atoms with Crippen LogP contribution < -0.4 is 5.43 Å². The molecule has 0 aliphatic carbocycles. The fraction of sp³-hybridized carbons (Fsp3) is 0.125. The van der Waals surface area contributed by atoms with E-state index in [2.05, 4.69) is 0 Å². The van der Waals surface area contributed by atoms with Gasteiger partial charge in [-0.15, -0.1) is 11.3 Å². The topological polar surface area (TPSA) is 50.5 Å². The summed E-state index contributed by atoms with van der Waals surface area (Å²) in [5, 5.41) is 2.78. The quantitative estimate of drug-likeness (QED) is 0.683. The average Bonchev–Trinajstić information content (AvgIpc) is 3.10. The van der Waals surface area contributed by atoms with E-state index in [1.165, 1.54) is 11.3 Å². The second-order valence-electron chi connectivity index (χ2n) is 5.15. The number of nitrogens with zero attached hydrogens (tertiary/aromatic N) is 1. The number of benzene rings is 1. The highest BCUT2D eigenvalue weighted by molar-refractivity contribution is 7.10. The Morgan fingerprint density at radius 2 is 2.09 bits per heavy atom. The van der Waals surface area contributed by atoms with E-state index in [9.17, 15) is 9.59 Å². The van der Waals surface area contributed by atoms with E-state index >= 15 is 0 Å². The van der Waals surface area contributed by atoms with Gasteiger partial charge in [0.05, 0.1) is 17.0 Å². The maximum Gasteiger partial charge on any atom is 0.290 e. The molecular weight excluding hydrogens is 322 g/mol. The van der Waals surface area contributed by atoms with Crippen LogP contribution in [0.5, 0.6) is 0 Å². The van der Waals surface area contributed by atoms with Gasteiger partial charge in [-0.3, -0.25) is 9.59 Å². The lowest BCUT2D eigenvalue weighted by atomic mass is 10.0. The molecule has 4 rings (SSSR count). The zero-order chi connectivity index (χ0) is 15.4. The number of rotatable bonds is 1. The Labute approximate surface area is 134 Å². The van der Waals surface area contributed by atoms with Crippen LogP contribution >= 0.6 is 22.9 Å². The molecule has 1 aliphatic rings. The normalized spacial score (nSPS) is 17.3. The lowest BCUT2D eigenvalue weighted by Crippen LogP contribution is -2.24. The summed E-state index contributed by atoms with van der Waals surface area (Å²) < 4.78 is 5.71. The van der Waals surface area contributed by atoms with Crippen LogP contribution in [0, 0.1) is 0 Å². The Morgan fingerprint density at radius 3 is 2.82 bits per heavy atom. The van der Waals surface area contributed by atoms with Crippen molar-refractivity contribution in [2.75, 3.05) is 7.05 Å². The highest BCUT2D eigenvalue weighted by Gasteiger charge is 2.41. The Morgan fingerprint density at radius 1 is 1.27 bits per heavy atom. The van der Waals surface area contributed by atoms with Gasteiger partial charge in [0.15, 0.2) is 5.43 Å². The minimum Gasteiger partial charge on any atom is -0.450 e. The Hall–Kier alpha value is -2.11. The molecule has 0 radical (unpaired) electrons. The molecular formula is C16H10ClNO3S. The van der Waals surface area contributed by atoms with Crippen LogP contribution in [0.4, 0.5) is 0 Å². The molecule has 4 nitrogen and oxygen atoms in total. The first-order valence-electron chi connectivity index (χ1n) is 6.65. The summed E-state index contributed by atoms with van der Waals surface area (Å²) in [6, 6.07) is 8.25. The van der Waals surface area contributed by atoms with Crippen LogP contribution in [0.25, 0.3) is 11.0 Å². The Bertz CT molecular complexity index is 961. The summed E-state index contributed by atoms with van der Waals surface area (Å²) in [5.74, 6) is -0.150. The molecule has 0 spiro atoms. The van der Waals surface area contributed by atoms with Crippen LogP contribution in [0.15, 0.2) is 44.9 Å². The van der Waals surface area contributed by atoms with Gasteiger partial charge < -0.3 is 9.32 Å². The highest BCUT2D eigenvalue weighted by Crippen LogP contribution is 2.38. The molecule has 1 aliphatic heterocycles. The minimum atomic E-state index is -0.401. The monoisotopic (exact) mass is 331 g/mol. The summed E-state index contributed by atoms with van der Waals surface area (Å²) >= 11 is 7.49. The van der Waals surface area contributed by atoms with Crippen molar-refractivity contribution in [2.45, 2.75) is 6.04 Å². The molecule has 3 heterocycles. The van der Waals surface area contributed by atoms with Crippen LogP contribution in [0.2, 0.25) is 5.02 Å². The van der Waals surface area contributed by atoms with E-state index in [0.717, 1.165) is 4.88 Å². The summed E-state index contributed by atoms with van der Waals surface area (Å²) in [7, 11) is 1.68. The zero-order valence-corrected chi connectivity index (χ0v) is 13.1.